The lowest BCUT2D eigenvalue weighted by Gasteiger charge is -2.36. The summed E-state index contributed by atoms with van der Waals surface area (Å²) in [6, 6.07) is 12.0. The highest BCUT2D eigenvalue weighted by atomic mass is 28.5. The monoisotopic (exact) mass is 312 g/mol. The van der Waals surface area contributed by atoms with E-state index in [1.54, 1.807) is 0 Å². The molecule has 0 aliphatic carbocycles. The number of unbranched alkanes of at least 4 members (excludes halogenated alkanes) is 2. The van der Waals surface area contributed by atoms with Gasteiger partial charge in [0.1, 0.15) is 10.5 Å². The molecule has 0 spiro atoms. The van der Waals surface area contributed by atoms with Crippen LogP contribution in [0.4, 0.5) is 0 Å². The highest BCUT2D eigenvalue weighted by molar-refractivity contribution is 6.92. The van der Waals surface area contributed by atoms with Crippen LogP contribution in [0.2, 0.25) is 25.7 Å². The van der Waals surface area contributed by atoms with Crippen molar-refractivity contribution in [3.05, 3.63) is 30.3 Å². The molecular weight excluding hydrogens is 284 g/mol. The zero-order valence-electron chi connectivity index (χ0n) is 13.0. The fourth-order valence-corrected chi connectivity index (χ4v) is 10.8. The van der Waals surface area contributed by atoms with Gasteiger partial charge >= 0.3 is 8.56 Å². The van der Waals surface area contributed by atoms with Crippen LogP contribution in [0, 0.1) is 0 Å². The zero-order valence-corrected chi connectivity index (χ0v) is 17.0. The molecule has 19 heavy (non-hydrogen) atoms. The smallest absolute Gasteiger partial charge is 0.310 e. The first kappa shape index (κ1) is 16.8. The van der Waals surface area contributed by atoms with Crippen molar-refractivity contribution in [3.8, 4) is 0 Å². The van der Waals surface area contributed by atoms with Crippen LogP contribution < -0.4 is 5.19 Å². The van der Waals surface area contributed by atoms with Crippen LogP contribution in [0.5, 0.6) is 0 Å². The molecule has 0 saturated heterocycles. The lowest BCUT2D eigenvalue weighted by molar-refractivity contribution is 0.416. The predicted molar refractivity (Wildman–Crippen MR) is 91.6 cm³/mol. The minimum Gasteiger partial charge on any atom is -0.445 e. The highest BCUT2D eigenvalue weighted by Crippen LogP contribution is 2.22. The van der Waals surface area contributed by atoms with Gasteiger partial charge in [-0.25, -0.2) is 0 Å². The molecule has 1 atom stereocenters. The summed E-state index contributed by atoms with van der Waals surface area (Å²) in [5.41, 5.74) is 0. The van der Waals surface area contributed by atoms with E-state index in [9.17, 15) is 0 Å². The van der Waals surface area contributed by atoms with Crippen LogP contribution in [-0.4, -0.2) is 27.4 Å². The molecule has 0 bridgehead atoms. The summed E-state index contributed by atoms with van der Waals surface area (Å²) in [5.74, 6) is 0. The van der Waals surface area contributed by atoms with Gasteiger partial charge in [-0.1, -0.05) is 56.5 Å². The Hall–Kier alpha value is -0.209. The first-order valence-electron chi connectivity index (χ1n) is 7.24. The van der Waals surface area contributed by atoms with Crippen LogP contribution in [0.25, 0.3) is 0 Å². The molecule has 0 amide bonds. The average molecular weight is 313 g/mol. The van der Waals surface area contributed by atoms with Crippen molar-refractivity contribution >= 4 is 32.6 Å². The second-order valence-electron chi connectivity index (χ2n) is 5.76. The quantitative estimate of drug-likeness (QED) is 0.543. The Balaban J connectivity index is 2.90. The van der Waals surface area contributed by atoms with Crippen LogP contribution in [-0.2, 0) is 8.23 Å². The Kier molecular flexibility index (Phi) is 6.68. The van der Waals surface area contributed by atoms with Gasteiger partial charge in [-0.3, -0.25) is 0 Å². The Bertz CT molecular complexity index is 370. The van der Waals surface area contributed by atoms with Crippen LogP contribution in [0.3, 0.4) is 0 Å². The molecule has 0 aliphatic rings. The normalized spacial score (nSPS) is 15.4. The Morgan fingerprint density at radius 3 is 2.21 bits per heavy atom. The van der Waals surface area contributed by atoms with E-state index in [1.165, 1.54) is 30.5 Å². The molecule has 1 aromatic rings. The molecule has 0 radical (unpaired) electrons. The Labute approximate surface area is 123 Å². The zero-order chi connectivity index (χ0) is 14.4. The van der Waals surface area contributed by atoms with Gasteiger partial charge in [-0.2, -0.15) is 0 Å². The molecule has 0 aliphatic heterocycles. The van der Waals surface area contributed by atoms with Gasteiger partial charge in [0.25, 0.3) is 0 Å². The maximum Gasteiger partial charge on any atom is 0.310 e. The third-order valence-corrected chi connectivity index (χ3v) is 14.2. The maximum absolute atomic E-state index is 6.60. The molecule has 1 aromatic carbocycles. The van der Waals surface area contributed by atoms with Gasteiger partial charge < -0.3 is 8.23 Å². The van der Waals surface area contributed by atoms with E-state index in [-0.39, 0.29) is 0 Å². The summed E-state index contributed by atoms with van der Waals surface area (Å²) < 4.78 is 12.3. The fourth-order valence-electron chi connectivity index (χ4n) is 2.34. The summed E-state index contributed by atoms with van der Waals surface area (Å²) in [6.45, 7) is 8.96. The van der Waals surface area contributed by atoms with E-state index >= 15 is 0 Å². The SMILES string of the molecule is CCCCC[Si](C)(O[Si](C)(C)O[SiH3])c1ccccc1. The van der Waals surface area contributed by atoms with Gasteiger partial charge in [0.05, 0.1) is 0 Å². The minimum atomic E-state index is -1.93. The van der Waals surface area contributed by atoms with Crippen molar-refractivity contribution in [2.45, 2.75) is 51.9 Å². The molecule has 0 N–H and O–H groups in total. The van der Waals surface area contributed by atoms with Crippen LogP contribution in [0.15, 0.2) is 30.3 Å². The van der Waals surface area contributed by atoms with Crippen LogP contribution >= 0.6 is 0 Å². The summed E-state index contributed by atoms with van der Waals surface area (Å²) in [7, 11) is -3.02. The second kappa shape index (κ2) is 7.54. The Morgan fingerprint density at radius 2 is 1.68 bits per heavy atom. The highest BCUT2D eigenvalue weighted by Gasteiger charge is 2.38. The molecule has 1 rings (SSSR count). The largest absolute Gasteiger partial charge is 0.445 e. The summed E-state index contributed by atoms with van der Waals surface area (Å²) in [5, 5.41) is 1.41. The summed E-state index contributed by atoms with van der Waals surface area (Å²) in [6.07, 6.45) is 3.82. The van der Waals surface area contributed by atoms with Crippen molar-refractivity contribution in [1.82, 2.24) is 0 Å². The minimum absolute atomic E-state index is 0.768. The van der Waals surface area contributed by atoms with Gasteiger partial charge in [0, 0.05) is 0 Å². The lowest BCUT2D eigenvalue weighted by atomic mass is 10.3. The average Bonchev–Trinajstić information content (AvgIpc) is 2.39. The number of hydrogen-bond donors (Lipinski definition) is 0. The van der Waals surface area contributed by atoms with E-state index in [0.717, 1.165) is 10.5 Å². The summed E-state index contributed by atoms with van der Waals surface area (Å²) >= 11 is 0. The fraction of sp³-hybridized carbons (Fsp3) is 0.571. The molecule has 108 valence electrons. The second-order valence-corrected chi connectivity index (χ2v) is 14.5. The molecule has 1 unspecified atom stereocenters. The number of rotatable bonds is 8. The molecule has 0 heterocycles. The Morgan fingerprint density at radius 1 is 1.05 bits per heavy atom. The third kappa shape index (κ3) is 5.35. The molecule has 0 fully saturated rings. The predicted octanol–water partition coefficient (Wildman–Crippen LogP) is 2.67. The van der Waals surface area contributed by atoms with Gasteiger partial charge in [-0.05, 0) is 30.9 Å². The number of benzene rings is 1. The van der Waals surface area contributed by atoms with Crippen molar-refractivity contribution in [2.75, 3.05) is 0 Å². The molecule has 0 saturated carbocycles. The molecule has 2 nitrogen and oxygen atoms in total. The first-order chi connectivity index (χ1) is 8.93. The third-order valence-electron chi connectivity index (χ3n) is 3.60. The van der Waals surface area contributed by atoms with E-state index in [4.69, 9.17) is 8.23 Å². The van der Waals surface area contributed by atoms with Crippen molar-refractivity contribution in [2.24, 2.45) is 0 Å². The summed E-state index contributed by atoms with van der Waals surface area (Å²) in [4.78, 5) is 0. The van der Waals surface area contributed by atoms with E-state index in [1.807, 2.05) is 0 Å². The first-order valence-corrected chi connectivity index (χ1v) is 13.5. The van der Waals surface area contributed by atoms with E-state index in [2.05, 4.69) is 56.9 Å². The maximum atomic E-state index is 6.60. The van der Waals surface area contributed by atoms with Gasteiger partial charge in [0.15, 0.2) is 0 Å². The van der Waals surface area contributed by atoms with Gasteiger partial charge in [-0.15, -0.1) is 0 Å². The van der Waals surface area contributed by atoms with Crippen molar-refractivity contribution in [3.63, 3.8) is 0 Å². The van der Waals surface area contributed by atoms with E-state index < -0.39 is 16.9 Å². The van der Waals surface area contributed by atoms with Gasteiger partial charge in [0.2, 0.25) is 8.32 Å². The standard InChI is InChI=1S/C14H28O2Si3/c1-5-6-10-13-19(4,16-18(2,3)15-17)14-11-8-7-9-12-14/h7-9,11-12H,5-6,10,13H2,1-4,17H3. The molecular formula is C14H28O2Si3. The molecule has 5 heteroatoms. The topological polar surface area (TPSA) is 18.5 Å². The number of hydrogen-bond acceptors (Lipinski definition) is 2. The van der Waals surface area contributed by atoms with E-state index in [0.29, 0.717) is 0 Å². The van der Waals surface area contributed by atoms with Crippen LogP contribution in [0.1, 0.15) is 26.2 Å². The van der Waals surface area contributed by atoms with Crippen molar-refractivity contribution < 1.29 is 8.23 Å². The molecule has 0 aromatic heterocycles. The van der Waals surface area contributed by atoms with Crippen molar-refractivity contribution in [1.29, 1.82) is 0 Å². The lowest BCUT2D eigenvalue weighted by Crippen LogP contribution is -2.55.